The Hall–Kier alpha value is -4.14. The lowest BCUT2D eigenvalue weighted by molar-refractivity contribution is 0.631. The van der Waals surface area contributed by atoms with Gasteiger partial charge in [0.25, 0.3) is 0 Å². The molecule has 6 aromatic rings. The zero-order chi connectivity index (χ0) is 26.2. The van der Waals surface area contributed by atoms with Crippen LogP contribution in [0, 0.1) is 10.8 Å². The summed E-state index contributed by atoms with van der Waals surface area (Å²) in [7, 11) is 0. The van der Waals surface area contributed by atoms with Gasteiger partial charge in [-0.05, 0) is 82.3 Å². The average molecular weight is 537 g/mol. The van der Waals surface area contributed by atoms with Crippen molar-refractivity contribution < 1.29 is 0 Å². The number of nitrogens with one attached hydrogen (secondary N) is 6. The van der Waals surface area contributed by atoms with Crippen molar-refractivity contribution in [2.75, 3.05) is 10.6 Å². The van der Waals surface area contributed by atoms with Crippen molar-refractivity contribution in [3.63, 3.8) is 0 Å². The van der Waals surface area contributed by atoms with Gasteiger partial charge in [0.2, 0.25) is 0 Å². The second-order valence-electron chi connectivity index (χ2n) is 9.54. The first-order chi connectivity index (χ1) is 18.5. The summed E-state index contributed by atoms with van der Waals surface area (Å²) in [4.78, 5) is 8.71. The number of rotatable bonds is 7. The summed E-state index contributed by atoms with van der Waals surface area (Å²) < 4.78 is 0. The highest BCUT2D eigenvalue weighted by Crippen LogP contribution is 2.40. The highest BCUT2D eigenvalue weighted by molar-refractivity contribution is 7.12. The van der Waals surface area contributed by atoms with Crippen LogP contribution < -0.4 is 10.6 Å². The number of hydrogen-bond donors (Lipinski definition) is 6. The normalized spacial score (nSPS) is 13.0. The fraction of sp³-hybridized carbons (Fsp3) is 0.133. The number of hydrogen-bond acceptors (Lipinski definition) is 4. The molecule has 0 aliphatic heterocycles. The Morgan fingerprint density at radius 2 is 1.13 bits per heavy atom. The van der Waals surface area contributed by atoms with E-state index in [-0.39, 0.29) is 11.8 Å². The molecule has 2 aromatic carbocycles. The van der Waals surface area contributed by atoms with Crippen LogP contribution in [0.5, 0.6) is 0 Å². The topological polar surface area (TPSA) is 103 Å². The molecule has 2 atom stereocenters. The Bertz CT molecular complexity index is 1610. The molecular weight excluding hydrogens is 509 g/mol. The highest BCUT2D eigenvalue weighted by Gasteiger charge is 2.22. The maximum Gasteiger partial charge on any atom is 0.140 e. The minimum absolute atomic E-state index is 0.246. The molecule has 6 nitrogen and oxygen atoms in total. The van der Waals surface area contributed by atoms with Crippen LogP contribution in [0.1, 0.15) is 46.6 Å². The van der Waals surface area contributed by atoms with Gasteiger partial charge in [0.15, 0.2) is 0 Å². The first-order valence-electron chi connectivity index (χ1n) is 12.5. The van der Waals surface area contributed by atoms with Crippen LogP contribution in [0.15, 0.2) is 83.8 Å². The maximum absolute atomic E-state index is 8.40. The van der Waals surface area contributed by atoms with E-state index in [0.29, 0.717) is 11.7 Å². The molecule has 0 aliphatic rings. The van der Waals surface area contributed by atoms with Crippen LogP contribution in [0.3, 0.4) is 0 Å². The average Bonchev–Trinajstić information content (AvgIpc) is 3.74. The van der Waals surface area contributed by atoms with Crippen LogP contribution in [-0.4, -0.2) is 21.6 Å². The van der Waals surface area contributed by atoms with Crippen molar-refractivity contribution in [3.8, 4) is 0 Å². The van der Waals surface area contributed by atoms with Gasteiger partial charge in [0.05, 0.1) is 9.75 Å². The van der Waals surface area contributed by atoms with Gasteiger partial charge in [-0.3, -0.25) is 10.8 Å². The van der Waals surface area contributed by atoms with Crippen molar-refractivity contribution in [3.05, 3.63) is 105 Å². The van der Waals surface area contributed by atoms with E-state index in [1.807, 2.05) is 47.2 Å². The minimum Gasteiger partial charge on any atom is -0.361 e. The fourth-order valence-electron chi connectivity index (χ4n) is 4.99. The van der Waals surface area contributed by atoms with E-state index in [0.717, 1.165) is 32.2 Å². The number of fused-ring (bicyclic) bond motifs is 2. The number of aromatic amines is 2. The molecule has 8 heteroatoms. The number of benzene rings is 2. The van der Waals surface area contributed by atoms with Crippen molar-refractivity contribution in [2.45, 2.75) is 25.7 Å². The third-order valence-corrected chi connectivity index (χ3v) is 9.01. The Balaban J connectivity index is 1.27. The molecule has 0 aliphatic carbocycles. The van der Waals surface area contributed by atoms with Crippen LogP contribution in [0.2, 0.25) is 0 Å². The third kappa shape index (κ3) is 4.53. The third-order valence-electron chi connectivity index (χ3n) is 7.23. The standard InChI is InChI=1S/C30H28N6S2/c1-17(23-15-33-25-9-7-19(13-21(23)25)35-29(31)27-5-3-11-37-27)18(2)24-16-34-26-10-8-20(14-22(24)26)36-30(32)28-6-4-12-38-28/h3-18,33-34H,1-2H3,(H2,31,35)(H2,32,36). The second kappa shape index (κ2) is 9.96. The lowest BCUT2D eigenvalue weighted by atomic mass is 9.83. The second-order valence-corrected chi connectivity index (χ2v) is 11.4. The summed E-state index contributed by atoms with van der Waals surface area (Å²) in [5.74, 6) is 1.31. The first kappa shape index (κ1) is 24.2. The smallest absolute Gasteiger partial charge is 0.140 e. The largest absolute Gasteiger partial charge is 0.361 e. The number of aromatic nitrogens is 2. The van der Waals surface area contributed by atoms with Gasteiger partial charge in [-0.25, -0.2) is 0 Å². The predicted molar refractivity (Wildman–Crippen MR) is 163 cm³/mol. The van der Waals surface area contributed by atoms with Crippen molar-refractivity contribution in [1.82, 2.24) is 9.97 Å². The molecule has 0 saturated carbocycles. The quantitative estimate of drug-likeness (QED) is 0.0909. The Labute approximate surface area is 228 Å². The summed E-state index contributed by atoms with van der Waals surface area (Å²) in [6.07, 6.45) is 4.23. The fourth-order valence-corrected chi connectivity index (χ4v) is 6.25. The molecule has 0 saturated heterocycles. The summed E-state index contributed by atoms with van der Waals surface area (Å²) in [6.45, 7) is 4.54. The monoisotopic (exact) mass is 536 g/mol. The van der Waals surface area contributed by atoms with E-state index in [9.17, 15) is 0 Å². The number of anilines is 2. The van der Waals surface area contributed by atoms with E-state index in [1.165, 1.54) is 21.9 Å². The molecule has 6 N–H and O–H groups in total. The molecule has 38 heavy (non-hydrogen) atoms. The van der Waals surface area contributed by atoms with Crippen molar-refractivity contribution in [2.24, 2.45) is 0 Å². The van der Waals surface area contributed by atoms with E-state index in [4.69, 9.17) is 10.8 Å². The molecular formula is C30H28N6S2. The van der Waals surface area contributed by atoms with Crippen LogP contribution in [0.25, 0.3) is 21.8 Å². The van der Waals surface area contributed by atoms with Gasteiger partial charge in [0.1, 0.15) is 11.7 Å². The molecule has 6 rings (SSSR count). The first-order valence-corrected chi connectivity index (χ1v) is 14.2. The zero-order valence-electron chi connectivity index (χ0n) is 21.1. The van der Waals surface area contributed by atoms with Gasteiger partial charge in [0, 0.05) is 45.6 Å². The van der Waals surface area contributed by atoms with Crippen LogP contribution >= 0.6 is 22.7 Å². The number of H-pyrrole nitrogens is 2. The van der Waals surface area contributed by atoms with Crippen LogP contribution in [0.4, 0.5) is 11.4 Å². The molecule has 0 radical (unpaired) electrons. The molecule has 190 valence electrons. The number of amidine groups is 2. The predicted octanol–water partition coefficient (Wildman–Crippen LogP) is 8.55. The SMILES string of the molecule is CC(c1c[nH]c2ccc(NC(=N)c3cccs3)cc12)C(C)c1c[nH]c2ccc(NC(=N)c3cccs3)cc12. The van der Waals surface area contributed by atoms with Crippen LogP contribution in [-0.2, 0) is 0 Å². The lowest BCUT2D eigenvalue weighted by Gasteiger charge is -2.20. The number of thiophene rings is 2. The summed E-state index contributed by atoms with van der Waals surface area (Å²) in [5.41, 5.74) is 6.50. The molecule has 2 unspecified atom stereocenters. The lowest BCUT2D eigenvalue weighted by Crippen LogP contribution is -2.10. The van der Waals surface area contributed by atoms with E-state index in [1.54, 1.807) is 22.7 Å². The van der Waals surface area contributed by atoms with Crippen molar-refractivity contribution in [1.29, 1.82) is 10.8 Å². The molecule has 0 amide bonds. The van der Waals surface area contributed by atoms with Gasteiger partial charge in [-0.2, -0.15) is 0 Å². The Kier molecular flexibility index (Phi) is 6.35. The zero-order valence-corrected chi connectivity index (χ0v) is 22.7. The van der Waals surface area contributed by atoms with E-state index in [2.05, 4.69) is 71.1 Å². The van der Waals surface area contributed by atoms with Gasteiger partial charge in [-0.15, -0.1) is 22.7 Å². The minimum atomic E-state index is 0.246. The molecule has 0 spiro atoms. The summed E-state index contributed by atoms with van der Waals surface area (Å²) in [6, 6.07) is 20.3. The van der Waals surface area contributed by atoms with Gasteiger partial charge in [-0.1, -0.05) is 26.0 Å². The Morgan fingerprint density at radius 1 is 0.684 bits per heavy atom. The van der Waals surface area contributed by atoms with E-state index < -0.39 is 0 Å². The van der Waals surface area contributed by atoms with Gasteiger partial charge >= 0.3 is 0 Å². The highest BCUT2D eigenvalue weighted by atomic mass is 32.1. The van der Waals surface area contributed by atoms with Crippen molar-refractivity contribution >= 4 is 67.5 Å². The maximum atomic E-state index is 8.40. The summed E-state index contributed by atoms with van der Waals surface area (Å²) >= 11 is 3.12. The molecule has 0 bridgehead atoms. The molecule has 4 heterocycles. The molecule has 4 aromatic heterocycles. The summed E-state index contributed by atoms with van der Waals surface area (Å²) in [5, 5.41) is 29.6. The molecule has 0 fully saturated rings. The van der Waals surface area contributed by atoms with E-state index >= 15 is 0 Å². The van der Waals surface area contributed by atoms with Gasteiger partial charge < -0.3 is 20.6 Å². The Morgan fingerprint density at radius 3 is 1.53 bits per heavy atom.